The highest BCUT2D eigenvalue weighted by molar-refractivity contribution is 7.89. The van der Waals surface area contributed by atoms with E-state index in [2.05, 4.69) is 10.0 Å². The van der Waals surface area contributed by atoms with Gasteiger partial charge in [0, 0.05) is 23.4 Å². The highest BCUT2D eigenvalue weighted by Gasteiger charge is 2.30. The van der Waals surface area contributed by atoms with E-state index in [4.69, 9.17) is 9.47 Å². The number of ether oxygens (including phenoxy) is 2. The zero-order chi connectivity index (χ0) is 20.3. The number of carbonyl (C=O) groups is 1. The Labute approximate surface area is 162 Å². The van der Waals surface area contributed by atoms with Gasteiger partial charge in [0.2, 0.25) is 10.0 Å². The summed E-state index contributed by atoms with van der Waals surface area (Å²) >= 11 is 0. The lowest BCUT2D eigenvalue weighted by atomic mass is 10.2. The Morgan fingerprint density at radius 2 is 1.89 bits per heavy atom. The van der Waals surface area contributed by atoms with Crippen LogP contribution in [-0.2, 0) is 10.0 Å². The van der Waals surface area contributed by atoms with Gasteiger partial charge in [-0.05, 0) is 50.1 Å². The second-order valence-electron chi connectivity index (χ2n) is 6.29. The van der Waals surface area contributed by atoms with Gasteiger partial charge in [0.25, 0.3) is 5.91 Å². The fraction of sp³-hybridized carbons (Fsp3) is 0.316. The molecule has 0 aromatic heterocycles. The molecule has 7 nitrogen and oxygen atoms in total. The van der Waals surface area contributed by atoms with Gasteiger partial charge < -0.3 is 14.8 Å². The van der Waals surface area contributed by atoms with E-state index in [-0.39, 0.29) is 33.7 Å². The summed E-state index contributed by atoms with van der Waals surface area (Å²) in [7, 11) is -2.46. The van der Waals surface area contributed by atoms with Crippen molar-refractivity contribution in [3.05, 3.63) is 47.8 Å². The van der Waals surface area contributed by atoms with Crippen LogP contribution in [0.4, 0.5) is 10.1 Å². The predicted molar refractivity (Wildman–Crippen MR) is 102 cm³/mol. The van der Waals surface area contributed by atoms with Crippen molar-refractivity contribution in [3.8, 4) is 11.5 Å². The van der Waals surface area contributed by atoms with Crippen LogP contribution in [0.3, 0.4) is 0 Å². The van der Waals surface area contributed by atoms with E-state index in [0.29, 0.717) is 6.61 Å². The Kier molecular flexibility index (Phi) is 5.85. The van der Waals surface area contributed by atoms with Crippen LogP contribution in [0.25, 0.3) is 0 Å². The summed E-state index contributed by atoms with van der Waals surface area (Å²) in [5, 5.41) is 2.55. The largest absolute Gasteiger partial charge is 0.495 e. The minimum Gasteiger partial charge on any atom is -0.495 e. The molecule has 0 radical (unpaired) electrons. The molecule has 0 spiro atoms. The van der Waals surface area contributed by atoms with Crippen molar-refractivity contribution in [2.45, 2.75) is 30.7 Å². The number of rotatable bonds is 8. The lowest BCUT2D eigenvalue weighted by Crippen LogP contribution is -2.26. The lowest BCUT2D eigenvalue weighted by molar-refractivity contribution is 0.102. The number of carbonyl (C=O) groups excluding carboxylic acids is 1. The van der Waals surface area contributed by atoms with Crippen LogP contribution >= 0.6 is 0 Å². The van der Waals surface area contributed by atoms with Gasteiger partial charge in [0.1, 0.15) is 10.6 Å². The maximum Gasteiger partial charge on any atom is 0.255 e. The molecule has 9 heteroatoms. The van der Waals surface area contributed by atoms with Crippen LogP contribution < -0.4 is 19.5 Å². The summed E-state index contributed by atoms with van der Waals surface area (Å²) < 4.78 is 51.9. The molecule has 2 aromatic rings. The van der Waals surface area contributed by atoms with Gasteiger partial charge >= 0.3 is 0 Å². The van der Waals surface area contributed by atoms with Crippen molar-refractivity contribution in [2.24, 2.45) is 0 Å². The minimum absolute atomic E-state index is 0.0842. The molecule has 1 saturated carbocycles. The van der Waals surface area contributed by atoms with Crippen molar-refractivity contribution < 1.29 is 27.1 Å². The highest BCUT2D eigenvalue weighted by atomic mass is 32.2. The average Bonchev–Trinajstić information content (AvgIpc) is 3.46. The molecule has 0 aliphatic heterocycles. The third-order valence-electron chi connectivity index (χ3n) is 4.10. The van der Waals surface area contributed by atoms with E-state index in [0.717, 1.165) is 18.9 Å². The molecule has 0 heterocycles. The van der Waals surface area contributed by atoms with Crippen LogP contribution in [0.1, 0.15) is 30.1 Å². The smallest absolute Gasteiger partial charge is 0.255 e. The van der Waals surface area contributed by atoms with Crippen LogP contribution in [0.5, 0.6) is 11.5 Å². The molecule has 1 aliphatic carbocycles. The third-order valence-corrected chi connectivity index (χ3v) is 5.65. The summed E-state index contributed by atoms with van der Waals surface area (Å²) in [5.74, 6) is -0.957. The number of halogens is 1. The van der Waals surface area contributed by atoms with E-state index >= 15 is 0 Å². The molecule has 1 fully saturated rings. The molecule has 0 unspecified atom stereocenters. The summed E-state index contributed by atoms with van der Waals surface area (Å²) in [6.45, 7) is 2.06. The standard InChI is InChI=1S/C19H21FN2O5S/c1-3-27-16-9-7-14(11-15(16)20)21-19(23)12-4-8-17(26-2)18(10-12)28(24,25)22-13-5-6-13/h4,7-11,13,22H,3,5-6H2,1-2H3,(H,21,23). The quantitative estimate of drug-likeness (QED) is 0.701. The number of sulfonamides is 1. The first-order valence-corrected chi connectivity index (χ1v) is 10.3. The van der Waals surface area contributed by atoms with Crippen molar-refractivity contribution in [2.75, 3.05) is 19.0 Å². The minimum atomic E-state index is -3.82. The van der Waals surface area contributed by atoms with Crippen molar-refractivity contribution in [1.82, 2.24) is 4.72 Å². The molecular weight excluding hydrogens is 387 g/mol. The first kappa shape index (κ1) is 20.1. The van der Waals surface area contributed by atoms with E-state index < -0.39 is 21.7 Å². The van der Waals surface area contributed by atoms with Gasteiger partial charge in [0.05, 0.1) is 13.7 Å². The van der Waals surface area contributed by atoms with E-state index in [1.54, 1.807) is 6.92 Å². The number of hydrogen-bond donors (Lipinski definition) is 2. The summed E-state index contributed by atoms with van der Waals surface area (Å²) in [6, 6.07) is 8.06. The molecule has 3 rings (SSSR count). The molecule has 0 atom stereocenters. The summed E-state index contributed by atoms with van der Waals surface area (Å²) in [5.41, 5.74) is 0.327. The van der Waals surface area contributed by atoms with E-state index in [1.807, 2.05) is 0 Å². The molecule has 0 saturated heterocycles. The van der Waals surface area contributed by atoms with Crippen LogP contribution in [0.2, 0.25) is 0 Å². The zero-order valence-electron chi connectivity index (χ0n) is 15.5. The molecule has 1 amide bonds. The van der Waals surface area contributed by atoms with Crippen LogP contribution in [0, 0.1) is 5.82 Å². The molecule has 0 bridgehead atoms. The average molecular weight is 408 g/mol. The maximum absolute atomic E-state index is 14.0. The number of methoxy groups -OCH3 is 1. The summed E-state index contributed by atoms with van der Waals surface area (Å²) in [4.78, 5) is 12.4. The Hall–Kier alpha value is -2.65. The number of benzene rings is 2. The number of nitrogens with one attached hydrogen (secondary N) is 2. The number of amides is 1. The third kappa shape index (κ3) is 4.60. The monoisotopic (exact) mass is 408 g/mol. The second kappa shape index (κ2) is 8.15. The van der Waals surface area contributed by atoms with Gasteiger partial charge in [-0.25, -0.2) is 17.5 Å². The lowest BCUT2D eigenvalue weighted by Gasteiger charge is -2.13. The topological polar surface area (TPSA) is 93.7 Å². The molecule has 2 N–H and O–H groups in total. The first-order chi connectivity index (χ1) is 13.3. The molecule has 28 heavy (non-hydrogen) atoms. The van der Waals surface area contributed by atoms with E-state index in [1.165, 1.54) is 37.4 Å². The molecular formula is C19H21FN2O5S. The predicted octanol–water partition coefficient (Wildman–Crippen LogP) is 2.93. The fourth-order valence-electron chi connectivity index (χ4n) is 2.57. The zero-order valence-corrected chi connectivity index (χ0v) is 16.3. The normalized spacial score (nSPS) is 13.8. The van der Waals surface area contributed by atoms with Gasteiger partial charge in [0.15, 0.2) is 11.6 Å². The number of anilines is 1. The Morgan fingerprint density at radius 3 is 2.50 bits per heavy atom. The van der Waals surface area contributed by atoms with Gasteiger partial charge in [-0.3, -0.25) is 4.79 Å². The van der Waals surface area contributed by atoms with E-state index in [9.17, 15) is 17.6 Å². The number of hydrogen-bond acceptors (Lipinski definition) is 5. The van der Waals surface area contributed by atoms with Crippen molar-refractivity contribution >= 4 is 21.6 Å². The Morgan fingerprint density at radius 1 is 1.18 bits per heavy atom. The second-order valence-corrected chi connectivity index (χ2v) is 7.98. The van der Waals surface area contributed by atoms with Crippen LogP contribution in [-0.4, -0.2) is 34.1 Å². The first-order valence-electron chi connectivity index (χ1n) is 8.78. The maximum atomic E-state index is 14.0. The van der Waals surface area contributed by atoms with Crippen molar-refractivity contribution in [3.63, 3.8) is 0 Å². The van der Waals surface area contributed by atoms with Gasteiger partial charge in [-0.1, -0.05) is 0 Å². The Balaban J connectivity index is 1.84. The molecule has 2 aromatic carbocycles. The highest BCUT2D eigenvalue weighted by Crippen LogP contribution is 2.29. The molecule has 150 valence electrons. The Bertz CT molecular complexity index is 990. The SMILES string of the molecule is CCOc1ccc(NC(=O)c2ccc(OC)c(S(=O)(=O)NC3CC3)c2)cc1F. The summed E-state index contributed by atoms with van der Waals surface area (Å²) in [6.07, 6.45) is 1.57. The van der Waals surface area contributed by atoms with Crippen molar-refractivity contribution in [1.29, 1.82) is 0 Å². The molecule has 1 aliphatic rings. The van der Waals surface area contributed by atoms with Crippen LogP contribution in [0.15, 0.2) is 41.3 Å². The fourth-order valence-corrected chi connectivity index (χ4v) is 4.07. The van der Waals surface area contributed by atoms with Gasteiger partial charge in [-0.15, -0.1) is 0 Å². The van der Waals surface area contributed by atoms with Gasteiger partial charge in [-0.2, -0.15) is 0 Å².